The van der Waals surface area contributed by atoms with E-state index in [4.69, 9.17) is 28.3 Å². The molecule has 0 aromatic rings. The third kappa shape index (κ3) is 2.90. The molecule has 1 unspecified atom stereocenters. The minimum atomic E-state index is -3.54. The van der Waals surface area contributed by atoms with Gasteiger partial charge in [-0.3, -0.25) is 4.57 Å². The fourth-order valence-corrected chi connectivity index (χ4v) is 2.11. The van der Waals surface area contributed by atoms with E-state index in [-0.39, 0.29) is 0 Å². The van der Waals surface area contributed by atoms with Gasteiger partial charge < -0.3 is 14.2 Å². The maximum Gasteiger partial charge on any atom is 0.361 e. The molecule has 4 nitrogen and oxygen atoms in total. The van der Waals surface area contributed by atoms with E-state index in [9.17, 15) is 4.57 Å². The molecule has 68 valence electrons. The maximum absolute atomic E-state index is 11.2. The van der Waals surface area contributed by atoms with Crippen molar-refractivity contribution in [2.24, 2.45) is 0 Å². The van der Waals surface area contributed by atoms with Crippen LogP contribution in [0.25, 0.3) is 0 Å². The minimum absolute atomic E-state index is 1.14. The molecule has 0 heterocycles. The summed E-state index contributed by atoms with van der Waals surface area (Å²) in [5.74, 6) is -1.51. The van der Waals surface area contributed by atoms with E-state index < -0.39 is 18.3 Å². The summed E-state index contributed by atoms with van der Waals surface area (Å²) in [7, 11) is -1.25. The second kappa shape index (κ2) is 4.65. The molecule has 11 heavy (non-hydrogen) atoms. The van der Waals surface area contributed by atoms with E-state index in [0.29, 0.717) is 0 Å². The average molecular weight is 223 g/mol. The Hall–Kier alpha value is 0.690. The van der Waals surface area contributed by atoms with Crippen molar-refractivity contribution in [3.05, 3.63) is 0 Å². The molecule has 1 N–H and O–H groups in total. The van der Waals surface area contributed by atoms with Gasteiger partial charge in [-0.25, -0.2) is 0 Å². The molecule has 1 atom stereocenters. The fraction of sp³-hybridized carbons (Fsp3) is 1.00. The topological polar surface area (TPSA) is 55.8 Å². The Morgan fingerprint density at radius 3 is 1.82 bits per heavy atom. The number of alkyl halides is 2. The van der Waals surface area contributed by atoms with Crippen molar-refractivity contribution in [2.75, 3.05) is 14.2 Å². The molecule has 0 aromatic carbocycles. The van der Waals surface area contributed by atoms with Crippen LogP contribution in [0.15, 0.2) is 0 Å². The van der Waals surface area contributed by atoms with Crippen molar-refractivity contribution in [1.82, 2.24) is 0 Å². The minimum Gasteiger partial charge on any atom is -0.378 e. The molecule has 0 aliphatic rings. The first-order chi connectivity index (χ1) is 4.98. The van der Waals surface area contributed by atoms with Gasteiger partial charge in [-0.1, -0.05) is 0 Å². The number of aliphatic hydroxyl groups excluding tert-OH is 1. The van der Waals surface area contributed by atoms with Crippen LogP contribution in [-0.4, -0.2) is 30.0 Å². The number of hydrogen-bond donors (Lipinski definition) is 1. The smallest absolute Gasteiger partial charge is 0.361 e. The van der Waals surface area contributed by atoms with E-state index >= 15 is 0 Å². The Kier molecular flexibility index (Phi) is 4.94. The summed E-state index contributed by atoms with van der Waals surface area (Å²) in [6.07, 6.45) is 0. The molecule has 0 spiro atoms. The summed E-state index contributed by atoms with van der Waals surface area (Å²) in [5.41, 5.74) is 0. The van der Waals surface area contributed by atoms with Gasteiger partial charge in [0.1, 0.15) is 4.84 Å². The Morgan fingerprint density at radius 2 is 1.73 bits per heavy atom. The number of rotatable bonds is 4. The van der Waals surface area contributed by atoms with Crippen molar-refractivity contribution in [3.8, 4) is 0 Å². The Labute approximate surface area is 74.9 Å². The zero-order chi connectivity index (χ0) is 9.07. The standard InChI is InChI=1S/C4H9Cl2O4P/c1-9-11(8,10-2)4(7)3(5)6/h3-4,7H,1-2H3. The van der Waals surface area contributed by atoms with Crippen molar-refractivity contribution < 1.29 is 18.7 Å². The highest BCUT2D eigenvalue weighted by Gasteiger charge is 2.36. The third-order valence-electron chi connectivity index (χ3n) is 1.06. The van der Waals surface area contributed by atoms with Crippen LogP contribution in [0.1, 0.15) is 0 Å². The largest absolute Gasteiger partial charge is 0.378 e. The zero-order valence-electron chi connectivity index (χ0n) is 6.03. The Balaban J connectivity index is 4.38. The summed E-state index contributed by atoms with van der Waals surface area (Å²) in [4.78, 5) is -1.19. The molecular formula is C4H9Cl2O4P. The number of hydrogen-bond acceptors (Lipinski definition) is 4. The molecule has 7 heteroatoms. The van der Waals surface area contributed by atoms with Crippen molar-refractivity contribution in [1.29, 1.82) is 0 Å². The van der Waals surface area contributed by atoms with Crippen LogP contribution in [0.2, 0.25) is 0 Å². The van der Waals surface area contributed by atoms with E-state index in [1.165, 1.54) is 0 Å². The molecule has 0 rings (SSSR count). The molecule has 0 saturated heterocycles. The lowest BCUT2D eigenvalue weighted by Crippen LogP contribution is -2.17. The van der Waals surface area contributed by atoms with Gasteiger partial charge in [-0.05, 0) is 0 Å². The van der Waals surface area contributed by atoms with Gasteiger partial charge in [0, 0.05) is 14.2 Å². The molecule has 0 aliphatic heterocycles. The highest BCUT2D eigenvalue weighted by Crippen LogP contribution is 2.52. The van der Waals surface area contributed by atoms with Gasteiger partial charge in [-0.2, -0.15) is 0 Å². The maximum atomic E-state index is 11.2. The second-order valence-electron chi connectivity index (χ2n) is 1.65. The van der Waals surface area contributed by atoms with E-state index in [0.717, 1.165) is 14.2 Å². The van der Waals surface area contributed by atoms with Crippen LogP contribution in [-0.2, 0) is 13.6 Å². The number of aliphatic hydroxyl groups is 1. The van der Waals surface area contributed by atoms with Crippen LogP contribution >= 0.6 is 30.8 Å². The van der Waals surface area contributed by atoms with Gasteiger partial charge in [0.25, 0.3) is 0 Å². The highest BCUT2D eigenvalue weighted by molar-refractivity contribution is 7.54. The molecule has 0 bridgehead atoms. The molecule has 0 aromatic heterocycles. The van der Waals surface area contributed by atoms with E-state index in [1.807, 2.05) is 0 Å². The lowest BCUT2D eigenvalue weighted by atomic mass is 10.8. The predicted molar refractivity (Wildman–Crippen MR) is 43.1 cm³/mol. The van der Waals surface area contributed by atoms with Gasteiger partial charge in [0.2, 0.25) is 0 Å². The third-order valence-corrected chi connectivity index (χ3v) is 3.85. The molecule has 0 radical (unpaired) electrons. The Morgan fingerprint density at radius 1 is 1.36 bits per heavy atom. The first-order valence-electron chi connectivity index (χ1n) is 2.65. The summed E-state index contributed by atoms with van der Waals surface area (Å²) in [6, 6.07) is 0. The summed E-state index contributed by atoms with van der Waals surface area (Å²) >= 11 is 10.5. The fourth-order valence-electron chi connectivity index (χ4n) is 0.429. The van der Waals surface area contributed by atoms with Crippen LogP contribution in [0, 0.1) is 0 Å². The van der Waals surface area contributed by atoms with E-state index in [1.54, 1.807) is 0 Å². The number of halogens is 2. The lowest BCUT2D eigenvalue weighted by Gasteiger charge is -2.19. The Bertz CT molecular complexity index is 154. The highest BCUT2D eigenvalue weighted by atomic mass is 35.5. The molecule has 0 fully saturated rings. The first kappa shape index (κ1) is 11.7. The summed E-state index contributed by atoms with van der Waals surface area (Å²) in [6.45, 7) is 0. The van der Waals surface area contributed by atoms with Crippen molar-refractivity contribution in [2.45, 2.75) is 10.7 Å². The van der Waals surface area contributed by atoms with Crippen LogP contribution in [0.5, 0.6) is 0 Å². The van der Waals surface area contributed by atoms with Crippen LogP contribution < -0.4 is 0 Å². The van der Waals surface area contributed by atoms with Gasteiger partial charge in [0.15, 0.2) is 5.85 Å². The van der Waals surface area contributed by atoms with Gasteiger partial charge >= 0.3 is 7.60 Å². The monoisotopic (exact) mass is 222 g/mol. The lowest BCUT2D eigenvalue weighted by molar-refractivity contribution is 0.182. The first-order valence-corrected chi connectivity index (χ1v) is 5.14. The quantitative estimate of drug-likeness (QED) is 0.580. The molecule has 0 amide bonds. The molecule has 0 saturated carbocycles. The van der Waals surface area contributed by atoms with E-state index in [2.05, 4.69) is 9.05 Å². The normalized spacial score (nSPS) is 15.5. The van der Waals surface area contributed by atoms with Crippen LogP contribution in [0.4, 0.5) is 0 Å². The zero-order valence-corrected chi connectivity index (χ0v) is 8.44. The van der Waals surface area contributed by atoms with Crippen molar-refractivity contribution in [3.63, 3.8) is 0 Å². The summed E-state index contributed by atoms with van der Waals surface area (Å²) < 4.78 is 20.1. The SMILES string of the molecule is COP(=O)(OC)C(O)C(Cl)Cl. The van der Waals surface area contributed by atoms with Crippen molar-refractivity contribution >= 4 is 30.8 Å². The summed E-state index contributed by atoms with van der Waals surface area (Å²) in [5, 5.41) is 9.07. The second-order valence-corrected chi connectivity index (χ2v) is 5.16. The van der Waals surface area contributed by atoms with Crippen LogP contribution in [0.3, 0.4) is 0 Å². The van der Waals surface area contributed by atoms with Gasteiger partial charge in [-0.15, -0.1) is 23.2 Å². The molecular weight excluding hydrogens is 214 g/mol. The predicted octanol–water partition coefficient (Wildman–Crippen LogP) is 1.59. The average Bonchev–Trinajstić information content (AvgIpc) is 2.01. The van der Waals surface area contributed by atoms with Gasteiger partial charge in [0.05, 0.1) is 0 Å². The molecule has 0 aliphatic carbocycles.